The molecular weight excluding hydrogens is 188 g/mol. The third-order valence-corrected chi connectivity index (χ3v) is 2.52. The molecule has 1 aromatic carbocycles. The molecule has 0 aliphatic heterocycles. The van der Waals surface area contributed by atoms with Crippen molar-refractivity contribution in [3.8, 4) is 0 Å². The van der Waals surface area contributed by atoms with Gasteiger partial charge in [-0.3, -0.25) is 0 Å². The van der Waals surface area contributed by atoms with E-state index in [9.17, 15) is 0 Å². The molecule has 0 radical (unpaired) electrons. The molecule has 0 N–H and O–H groups in total. The molecule has 0 unspecified atom stereocenters. The minimum Gasteiger partial charge on any atom is -0.382 e. The van der Waals surface area contributed by atoms with E-state index in [-0.39, 0.29) is 6.10 Å². The quantitative estimate of drug-likeness (QED) is 0.686. The second-order valence-corrected chi connectivity index (χ2v) is 3.69. The van der Waals surface area contributed by atoms with Gasteiger partial charge >= 0.3 is 0 Å². The lowest BCUT2D eigenvalue weighted by Crippen LogP contribution is -2.17. The van der Waals surface area contributed by atoms with E-state index in [0.29, 0.717) is 6.61 Å². The number of ether oxygens (including phenoxy) is 2. The van der Waals surface area contributed by atoms with Crippen molar-refractivity contribution in [3.05, 3.63) is 35.9 Å². The first-order chi connectivity index (χ1) is 7.36. The summed E-state index contributed by atoms with van der Waals surface area (Å²) in [5.74, 6) is 0. The zero-order chi connectivity index (χ0) is 10.9. The number of benzene rings is 1. The first kappa shape index (κ1) is 12.2. The van der Waals surface area contributed by atoms with Crippen molar-refractivity contribution in [1.82, 2.24) is 0 Å². The van der Waals surface area contributed by atoms with Gasteiger partial charge in [-0.25, -0.2) is 0 Å². The number of rotatable bonds is 7. The SMILES string of the molecule is COC[C@H](CCCc1ccccc1)OC. The van der Waals surface area contributed by atoms with Crippen LogP contribution in [-0.4, -0.2) is 26.9 Å². The Morgan fingerprint density at radius 1 is 1.13 bits per heavy atom. The fourth-order valence-electron chi connectivity index (χ4n) is 1.63. The minimum absolute atomic E-state index is 0.235. The molecule has 15 heavy (non-hydrogen) atoms. The second kappa shape index (κ2) is 7.43. The maximum absolute atomic E-state index is 5.30. The molecule has 0 fully saturated rings. The van der Waals surface area contributed by atoms with E-state index in [2.05, 4.69) is 24.3 Å². The lowest BCUT2D eigenvalue weighted by atomic mass is 10.1. The summed E-state index contributed by atoms with van der Waals surface area (Å²) in [6.07, 6.45) is 3.55. The predicted octanol–water partition coefficient (Wildman–Crippen LogP) is 2.67. The van der Waals surface area contributed by atoms with Gasteiger partial charge in [-0.1, -0.05) is 30.3 Å². The van der Waals surface area contributed by atoms with Gasteiger partial charge in [0, 0.05) is 14.2 Å². The summed E-state index contributed by atoms with van der Waals surface area (Å²) >= 11 is 0. The summed E-state index contributed by atoms with van der Waals surface area (Å²) in [6, 6.07) is 10.5. The Balaban J connectivity index is 2.20. The summed E-state index contributed by atoms with van der Waals surface area (Å²) in [6.45, 7) is 0.686. The highest BCUT2D eigenvalue weighted by molar-refractivity contribution is 5.14. The minimum atomic E-state index is 0.235. The van der Waals surface area contributed by atoms with Gasteiger partial charge in [0.05, 0.1) is 12.7 Å². The van der Waals surface area contributed by atoms with Gasteiger partial charge in [-0.05, 0) is 24.8 Å². The van der Waals surface area contributed by atoms with Crippen LogP contribution in [0, 0.1) is 0 Å². The third-order valence-electron chi connectivity index (χ3n) is 2.52. The Morgan fingerprint density at radius 3 is 2.47 bits per heavy atom. The summed E-state index contributed by atoms with van der Waals surface area (Å²) in [4.78, 5) is 0. The summed E-state index contributed by atoms with van der Waals surface area (Å²) in [5, 5.41) is 0. The van der Waals surface area contributed by atoms with Crippen molar-refractivity contribution in [2.24, 2.45) is 0 Å². The van der Waals surface area contributed by atoms with Crippen LogP contribution in [0.15, 0.2) is 30.3 Å². The maximum Gasteiger partial charge on any atom is 0.0804 e. The van der Waals surface area contributed by atoms with E-state index in [1.807, 2.05) is 6.07 Å². The standard InChI is InChI=1S/C13H20O2/c1-14-11-13(15-2)10-6-9-12-7-4-3-5-8-12/h3-5,7-8,13H,6,9-11H2,1-2H3/t13-/m0/s1. The molecule has 2 heteroatoms. The second-order valence-electron chi connectivity index (χ2n) is 3.69. The van der Waals surface area contributed by atoms with Gasteiger partial charge in [0.15, 0.2) is 0 Å². The maximum atomic E-state index is 5.30. The van der Waals surface area contributed by atoms with Gasteiger partial charge in [0.25, 0.3) is 0 Å². The first-order valence-electron chi connectivity index (χ1n) is 5.42. The Labute approximate surface area is 92.2 Å². The fourth-order valence-corrected chi connectivity index (χ4v) is 1.63. The number of aryl methyl sites for hydroxylation is 1. The molecule has 1 rings (SSSR count). The average Bonchev–Trinajstić information content (AvgIpc) is 2.29. The molecule has 0 amide bonds. The van der Waals surface area contributed by atoms with E-state index < -0.39 is 0 Å². The highest BCUT2D eigenvalue weighted by atomic mass is 16.5. The van der Waals surface area contributed by atoms with Gasteiger partial charge in [-0.2, -0.15) is 0 Å². The van der Waals surface area contributed by atoms with Gasteiger partial charge in [0.2, 0.25) is 0 Å². The van der Waals surface area contributed by atoms with Crippen LogP contribution in [0.4, 0.5) is 0 Å². The lowest BCUT2D eigenvalue weighted by Gasteiger charge is -2.13. The molecule has 0 bridgehead atoms. The lowest BCUT2D eigenvalue weighted by molar-refractivity contribution is 0.0225. The Bertz CT molecular complexity index is 246. The largest absolute Gasteiger partial charge is 0.382 e. The van der Waals surface area contributed by atoms with Crippen LogP contribution in [0.25, 0.3) is 0 Å². The fraction of sp³-hybridized carbons (Fsp3) is 0.538. The molecule has 0 aliphatic carbocycles. The van der Waals surface area contributed by atoms with Crippen LogP contribution in [-0.2, 0) is 15.9 Å². The smallest absolute Gasteiger partial charge is 0.0804 e. The van der Waals surface area contributed by atoms with Crippen LogP contribution in [0.2, 0.25) is 0 Å². The van der Waals surface area contributed by atoms with Crippen molar-refractivity contribution in [2.45, 2.75) is 25.4 Å². The Hall–Kier alpha value is -0.860. The van der Waals surface area contributed by atoms with E-state index in [4.69, 9.17) is 9.47 Å². The van der Waals surface area contributed by atoms with Gasteiger partial charge in [0.1, 0.15) is 0 Å². The zero-order valence-corrected chi connectivity index (χ0v) is 9.61. The predicted molar refractivity (Wildman–Crippen MR) is 62.1 cm³/mol. The van der Waals surface area contributed by atoms with Crippen LogP contribution in [0.5, 0.6) is 0 Å². The highest BCUT2D eigenvalue weighted by Gasteiger charge is 2.05. The molecule has 84 valence electrons. The van der Waals surface area contributed by atoms with Crippen LogP contribution in [0.1, 0.15) is 18.4 Å². The topological polar surface area (TPSA) is 18.5 Å². The molecule has 2 nitrogen and oxygen atoms in total. The third kappa shape index (κ3) is 4.96. The number of methoxy groups -OCH3 is 2. The first-order valence-corrected chi connectivity index (χ1v) is 5.42. The summed E-state index contributed by atoms with van der Waals surface area (Å²) < 4.78 is 10.4. The van der Waals surface area contributed by atoms with Gasteiger partial charge < -0.3 is 9.47 Å². The van der Waals surface area contributed by atoms with Crippen LogP contribution >= 0.6 is 0 Å². The van der Waals surface area contributed by atoms with Crippen molar-refractivity contribution in [1.29, 1.82) is 0 Å². The molecular formula is C13H20O2. The normalized spacial score (nSPS) is 12.7. The van der Waals surface area contributed by atoms with Crippen LogP contribution < -0.4 is 0 Å². The molecule has 0 saturated heterocycles. The van der Waals surface area contributed by atoms with E-state index >= 15 is 0 Å². The average molecular weight is 208 g/mol. The highest BCUT2D eigenvalue weighted by Crippen LogP contribution is 2.08. The van der Waals surface area contributed by atoms with Crippen molar-refractivity contribution in [3.63, 3.8) is 0 Å². The van der Waals surface area contributed by atoms with Crippen LogP contribution in [0.3, 0.4) is 0 Å². The molecule has 0 aliphatic rings. The van der Waals surface area contributed by atoms with E-state index in [0.717, 1.165) is 19.3 Å². The Kier molecular flexibility index (Phi) is 6.05. The molecule has 0 spiro atoms. The molecule has 0 saturated carbocycles. The molecule has 0 heterocycles. The van der Waals surface area contributed by atoms with Crippen molar-refractivity contribution in [2.75, 3.05) is 20.8 Å². The van der Waals surface area contributed by atoms with E-state index in [1.54, 1.807) is 14.2 Å². The summed E-state index contributed by atoms with van der Waals surface area (Å²) in [5.41, 5.74) is 1.39. The van der Waals surface area contributed by atoms with E-state index in [1.165, 1.54) is 5.56 Å². The number of hydrogen-bond acceptors (Lipinski definition) is 2. The van der Waals surface area contributed by atoms with Crippen molar-refractivity contribution < 1.29 is 9.47 Å². The van der Waals surface area contributed by atoms with Gasteiger partial charge in [-0.15, -0.1) is 0 Å². The monoisotopic (exact) mass is 208 g/mol. The van der Waals surface area contributed by atoms with Crippen molar-refractivity contribution >= 4 is 0 Å². The molecule has 1 atom stereocenters. The molecule has 1 aromatic rings. The number of hydrogen-bond donors (Lipinski definition) is 0. The summed E-state index contributed by atoms with van der Waals surface area (Å²) in [7, 11) is 3.45. The zero-order valence-electron chi connectivity index (χ0n) is 9.61. The molecule has 0 aromatic heterocycles. The Morgan fingerprint density at radius 2 is 1.87 bits per heavy atom.